The van der Waals surface area contributed by atoms with E-state index in [1.165, 1.54) is 0 Å². The topological polar surface area (TPSA) is 37.3 Å². The number of carboxylic acid groups (broad SMARTS) is 1. The SMILES string of the molecule is CC(=O)O.[Ni].[SrH2]. The van der Waals surface area contributed by atoms with Gasteiger partial charge in [-0.25, -0.2) is 0 Å². The van der Waals surface area contributed by atoms with Gasteiger partial charge < -0.3 is 5.11 Å². The van der Waals surface area contributed by atoms with Gasteiger partial charge in [0.25, 0.3) is 5.97 Å². The summed E-state index contributed by atoms with van der Waals surface area (Å²) in [7, 11) is 0. The Hall–Kier alpha value is 1.44. The van der Waals surface area contributed by atoms with Crippen molar-refractivity contribution in [2.24, 2.45) is 0 Å². The molecule has 0 bridgehead atoms. The Morgan fingerprint density at radius 3 is 1.67 bits per heavy atom. The molecule has 0 aliphatic carbocycles. The van der Waals surface area contributed by atoms with Crippen molar-refractivity contribution in [1.82, 2.24) is 0 Å². The first-order chi connectivity index (χ1) is 1.73. The van der Waals surface area contributed by atoms with Crippen LogP contribution in [0.5, 0.6) is 0 Å². The fourth-order valence-electron chi connectivity index (χ4n) is 0. The van der Waals surface area contributed by atoms with Gasteiger partial charge in [0.1, 0.15) is 0 Å². The number of hydrogen-bond acceptors (Lipinski definition) is 1. The average Bonchev–Trinajstić information content (AvgIpc) is 0.811. The molecule has 0 amide bonds. The van der Waals surface area contributed by atoms with Gasteiger partial charge in [-0.2, -0.15) is 0 Å². The summed E-state index contributed by atoms with van der Waals surface area (Å²) in [6, 6.07) is 0. The van der Waals surface area contributed by atoms with Crippen molar-refractivity contribution in [3.63, 3.8) is 0 Å². The number of rotatable bonds is 0. The third kappa shape index (κ3) is 51.6. The van der Waals surface area contributed by atoms with Crippen LogP contribution in [0.1, 0.15) is 6.92 Å². The van der Waals surface area contributed by atoms with Crippen LogP contribution in [0.25, 0.3) is 0 Å². The summed E-state index contributed by atoms with van der Waals surface area (Å²) in [5.41, 5.74) is 0. The fourth-order valence-corrected chi connectivity index (χ4v) is 0. The van der Waals surface area contributed by atoms with Crippen molar-refractivity contribution >= 4 is 51.5 Å². The Morgan fingerprint density at radius 1 is 1.67 bits per heavy atom. The molecule has 0 aliphatic heterocycles. The molecule has 0 aromatic carbocycles. The first kappa shape index (κ1) is 15.7. The Morgan fingerprint density at radius 2 is 1.67 bits per heavy atom. The van der Waals surface area contributed by atoms with E-state index in [9.17, 15) is 0 Å². The monoisotopic (exact) mass is 208 g/mol. The molecule has 38 valence electrons. The molecule has 0 radical (unpaired) electrons. The molecule has 0 aromatic heterocycles. The van der Waals surface area contributed by atoms with E-state index in [0.717, 1.165) is 6.92 Å². The van der Waals surface area contributed by atoms with Crippen molar-refractivity contribution < 1.29 is 26.4 Å². The van der Waals surface area contributed by atoms with Crippen LogP contribution in [0.2, 0.25) is 0 Å². The molecule has 0 fully saturated rings. The zero-order chi connectivity index (χ0) is 3.58. The molecule has 0 rings (SSSR count). The van der Waals surface area contributed by atoms with E-state index in [4.69, 9.17) is 9.90 Å². The molecular weight excluding hydrogens is 202 g/mol. The summed E-state index contributed by atoms with van der Waals surface area (Å²) in [6.07, 6.45) is 0. The average molecular weight is 208 g/mol. The van der Waals surface area contributed by atoms with Crippen LogP contribution in [-0.2, 0) is 21.3 Å². The van der Waals surface area contributed by atoms with Crippen LogP contribution in [0.4, 0.5) is 0 Å². The van der Waals surface area contributed by atoms with E-state index < -0.39 is 5.97 Å². The van der Waals surface area contributed by atoms with Crippen molar-refractivity contribution in [3.8, 4) is 0 Å². The molecule has 4 heteroatoms. The number of carbonyl (C=O) groups is 1. The molecule has 0 aromatic rings. The molecular formula is C2H6NiO2Sr. The van der Waals surface area contributed by atoms with Gasteiger partial charge in [0.15, 0.2) is 0 Å². The second-order valence-electron chi connectivity index (χ2n) is 0.519. The molecule has 0 saturated carbocycles. The molecule has 0 heterocycles. The van der Waals surface area contributed by atoms with Crippen molar-refractivity contribution in [2.45, 2.75) is 6.92 Å². The standard InChI is InChI=1S/C2H4O2.Ni.Sr.2H/c1-2(3)4;;;;/h1H3,(H,3,4);;;;. The summed E-state index contributed by atoms with van der Waals surface area (Å²) in [4.78, 5) is 9.00. The van der Waals surface area contributed by atoms with Crippen LogP contribution in [0.3, 0.4) is 0 Å². The van der Waals surface area contributed by atoms with Gasteiger partial charge in [-0.15, -0.1) is 0 Å². The first-order valence-electron chi connectivity index (χ1n) is 0.928. The molecule has 0 spiro atoms. The number of hydrogen-bond donors (Lipinski definition) is 1. The minimum absolute atomic E-state index is 0. The van der Waals surface area contributed by atoms with Gasteiger partial charge in [-0.1, -0.05) is 0 Å². The Kier molecular flexibility index (Phi) is 25.2. The normalized spacial score (nSPS) is 4.17. The second kappa shape index (κ2) is 9.67. The van der Waals surface area contributed by atoms with Gasteiger partial charge in [0.2, 0.25) is 0 Å². The molecule has 0 atom stereocenters. The second-order valence-corrected chi connectivity index (χ2v) is 0.519. The summed E-state index contributed by atoms with van der Waals surface area (Å²) in [6.45, 7) is 1.08. The number of carboxylic acids is 1. The van der Waals surface area contributed by atoms with Crippen molar-refractivity contribution in [2.75, 3.05) is 0 Å². The summed E-state index contributed by atoms with van der Waals surface area (Å²) < 4.78 is 0. The van der Waals surface area contributed by atoms with E-state index in [1.54, 1.807) is 0 Å². The third-order valence-electron chi connectivity index (χ3n) is 0. The first-order valence-corrected chi connectivity index (χ1v) is 0.928. The Labute approximate surface area is 83.5 Å². The van der Waals surface area contributed by atoms with Crippen LogP contribution in [0, 0.1) is 0 Å². The predicted molar refractivity (Wildman–Crippen MR) is 21.9 cm³/mol. The van der Waals surface area contributed by atoms with Gasteiger partial charge in [-0.05, 0) is 0 Å². The van der Waals surface area contributed by atoms with Crippen molar-refractivity contribution in [3.05, 3.63) is 0 Å². The molecule has 1 N–H and O–H groups in total. The van der Waals surface area contributed by atoms with E-state index >= 15 is 0 Å². The quantitative estimate of drug-likeness (QED) is 0.528. The van der Waals surface area contributed by atoms with Gasteiger partial charge in [0.05, 0.1) is 0 Å². The molecule has 0 saturated heterocycles. The van der Waals surface area contributed by atoms with Crippen LogP contribution in [-0.4, -0.2) is 56.6 Å². The zero-order valence-corrected chi connectivity index (χ0v) is 3.66. The van der Waals surface area contributed by atoms with Gasteiger partial charge in [0, 0.05) is 23.4 Å². The van der Waals surface area contributed by atoms with E-state index in [0.29, 0.717) is 0 Å². The minimum atomic E-state index is -0.833. The van der Waals surface area contributed by atoms with Crippen LogP contribution < -0.4 is 0 Å². The number of aliphatic carboxylic acids is 1. The maximum atomic E-state index is 9.00. The summed E-state index contributed by atoms with van der Waals surface area (Å²) in [5.74, 6) is -0.833. The van der Waals surface area contributed by atoms with E-state index in [1.807, 2.05) is 0 Å². The van der Waals surface area contributed by atoms with E-state index in [2.05, 4.69) is 0 Å². The molecule has 2 nitrogen and oxygen atoms in total. The Bertz CT molecular complexity index is 34.5. The van der Waals surface area contributed by atoms with Gasteiger partial charge >= 0.3 is 45.5 Å². The predicted octanol–water partition coefficient (Wildman–Crippen LogP) is -0.828. The maximum absolute atomic E-state index is 9.00. The molecule has 0 aliphatic rings. The van der Waals surface area contributed by atoms with E-state index in [-0.39, 0.29) is 62.0 Å². The van der Waals surface area contributed by atoms with Crippen LogP contribution in [0.15, 0.2) is 0 Å². The zero-order valence-electron chi connectivity index (χ0n) is 2.67. The summed E-state index contributed by atoms with van der Waals surface area (Å²) >= 11 is 0. The fraction of sp³-hybridized carbons (Fsp3) is 0.500. The third-order valence-corrected chi connectivity index (χ3v) is 0. The molecule has 6 heavy (non-hydrogen) atoms. The van der Waals surface area contributed by atoms with Gasteiger partial charge in [-0.3, -0.25) is 4.79 Å². The van der Waals surface area contributed by atoms with Crippen molar-refractivity contribution in [1.29, 1.82) is 0 Å². The Balaban J connectivity index is -0.0000000450. The van der Waals surface area contributed by atoms with Crippen LogP contribution >= 0.6 is 0 Å². The molecule has 0 unspecified atom stereocenters. The summed E-state index contributed by atoms with van der Waals surface area (Å²) in [5, 5.41) is 7.42.